The minimum atomic E-state index is -1.37. The maximum Gasteiger partial charge on any atom is 0.378 e. The molecule has 0 aliphatic carbocycles. The molecule has 0 amide bonds. The van der Waals surface area contributed by atoms with Crippen molar-refractivity contribution in [1.82, 2.24) is 0 Å². The van der Waals surface area contributed by atoms with Gasteiger partial charge in [0.25, 0.3) is 0 Å². The van der Waals surface area contributed by atoms with E-state index in [1.165, 1.54) is 0 Å². The van der Waals surface area contributed by atoms with Gasteiger partial charge in [-0.25, -0.2) is 4.79 Å². The lowest BCUT2D eigenvalue weighted by Gasteiger charge is -2.30. The molecule has 2 atom stereocenters. The number of carbonyl (C=O) groups is 1. The van der Waals surface area contributed by atoms with Gasteiger partial charge >= 0.3 is 5.97 Å². The van der Waals surface area contributed by atoms with E-state index in [1.807, 2.05) is 152 Å². The number of esters is 1. The predicted octanol–water partition coefficient (Wildman–Crippen LogP) is 6.40. The Labute approximate surface area is 265 Å². The van der Waals surface area contributed by atoms with Crippen molar-refractivity contribution in [3.05, 3.63) is 169 Å². The minimum Gasteiger partial charge on any atom is -0.499 e. The molecule has 1 N–H and O–H groups in total. The lowest BCUT2D eigenvalue weighted by Crippen LogP contribution is -2.37. The number of cyclic esters (lactones) is 1. The van der Waals surface area contributed by atoms with Crippen LogP contribution in [-0.2, 0) is 29.9 Å². The molecule has 0 aromatic heterocycles. The molecule has 8 heteroatoms. The highest BCUT2D eigenvalue weighted by Crippen LogP contribution is 2.42. The third-order valence-corrected chi connectivity index (χ3v) is 11.0. The zero-order valence-corrected chi connectivity index (χ0v) is 26.2. The number of aliphatic hydroxyl groups excluding tert-OH is 1. The zero-order valence-electron chi connectivity index (χ0n) is 24.4. The molecule has 0 saturated heterocycles. The topological polar surface area (TPSA) is 74.2 Å². The van der Waals surface area contributed by atoms with E-state index in [0.29, 0.717) is 0 Å². The monoisotopic (exact) mass is 634 g/mol. The molecule has 6 rings (SSSR count). The number of rotatable bonds is 13. The van der Waals surface area contributed by atoms with Crippen LogP contribution in [0.2, 0.25) is 0 Å². The summed E-state index contributed by atoms with van der Waals surface area (Å²) in [6.45, 7) is 0.214. The zero-order chi connectivity index (χ0) is 30.8. The molecular formula is C37H32O6P2. The van der Waals surface area contributed by atoms with E-state index in [9.17, 15) is 9.90 Å². The van der Waals surface area contributed by atoms with Crippen molar-refractivity contribution in [2.75, 3.05) is 6.61 Å². The van der Waals surface area contributed by atoms with Crippen LogP contribution in [0, 0.1) is 0 Å². The average molecular weight is 635 g/mol. The van der Waals surface area contributed by atoms with Crippen LogP contribution in [0.15, 0.2) is 163 Å². The van der Waals surface area contributed by atoms with Crippen molar-refractivity contribution >= 4 is 43.5 Å². The first-order valence-electron chi connectivity index (χ1n) is 14.6. The summed E-state index contributed by atoms with van der Waals surface area (Å²) in [5.41, 5.74) is 0.886. The second-order valence-corrected chi connectivity index (χ2v) is 13.9. The first-order valence-corrected chi connectivity index (χ1v) is 17.1. The molecule has 1 heterocycles. The van der Waals surface area contributed by atoms with Crippen LogP contribution in [0.4, 0.5) is 0 Å². The van der Waals surface area contributed by atoms with Crippen LogP contribution in [-0.4, -0.2) is 29.9 Å². The van der Waals surface area contributed by atoms with Crippen molar-refractivity contribution in [3.8, 4) is 0 Å². The van der Waals surface area contributed by atoms with E-state index in [2.05, 4.69) is 0 Å². The van der Waals surface area contributed by atoms with Crippen LogP contribution in [0.5, 0.6) is 0 Å². The fraction of sp³-hybridized carbons (Fsp3) is 0.108. The summed E-state index contributed by atoms with van der Waals surface area (Å²) in [6.07, 6.45) is -1.84. The van der Waals surface area contributed by atoms with Gasteiger partial charge in [-0.05, 0) is 5.56 Å². The van der Waals surface area contributed by atoms with E-state index < -0.39 is 40.2 Å². The van der Waals surface area contributed by atoms with Crippen molar-refractivity contribution < 1.29 is 28.4 Å². The van der Waals surface area contributed by atoms with Crippen molar-refractivity contribution in [2.24, 2.45) is 0 Å². The Morgan fingerprint density at radius 2 is 1.04 bits per heavy atom. The summed E-state index contributed by atoms with van der Waals surface area (Å²) >= 11 is 0. The highest BCUT2D eigenvalue weighted by molar-refractivity contribution is 7.69. The molecule has 2 unspecified atom stereocenters. The molecule has 1 aliphatic heterocycles. The molecular weight excluding hydrogens is 602 g/mol. The number of hydrogen-bond donors (Lipinski definition) is 1. The first kappa shape index (κ1) is 30.7. The molecule has 5 aromatic rings. The van der Waals surface area contributed by atoms with Crippen molar-refractivity contribution in [2.45, 2.75) is 18.8 Å². The molecule has 0 spiro atoms. The summed E-state index contributed by atoms with van der Waals surface area (Å²) < 4.78 is 25.6. The Morgan fingerprint density at radius 3 is 1.51 bits per heavy atom. The van der Waals surface area contributed by atoms with Crippen molar-refractivity contribution in [3.63, 3.8) is 0 Å². The number of hydrogen-bond acceptors (Lipinski definition) is 6. The van der Waals surface area contributed by atoms with Gasteiger partial charge < -0.3 is 23.6 Å². The van der Waals surface area contributed by atoms with Gasteiger partial charge in [0.05, 0.1) is 22.9 Å². The third-order valence-electron chi connectivity index (χ3n) is 7.07. The standard InChI is InChI=1S/C37H32O6P2/c38-34-36(40-26-28-16-6-1-7-17-28)35(42-37(34)39)33(43-45(31-22-12-4-13-23-31)32-24-14-5-15-25-32)27-41-44(29-18-8-2-9-19-29)30-20-10-3-11-21-30/h1-25,33,35,38H,26-27H2. The van der Waals surface area contributed by atoms with E-state index in [-0.39, 0.29) is 19.0 Å². The molecule has 1 aliphatic rings. The van der Waals surface area contributed by atoms with Gasteiger partial charge in [-0.2, -0.15) is 0 Å². The third kappa shape index (κ3) is 7.68. The molecule has 45 heavy (non-hydrogen) atoms. The molecule has 0 bridgehead atoms. The first-order chi connectivity index (χ1) is 22.2. The second-order valence-electron chi connectivity index (χ2n) is 10.2. The van der Waals surface area contributed by atoms with Gasteiger partial charge in [-0.3, -0.25) is 0 Å². The smallest absolute Gasteiger partial charge is 0.378 e. The lowest BCUT2D eigenvalue weighted by atomic mass is 10.2. The molecule has 226 valence electrons. The molecule has 6 nitrogen and oxygen atoms in total. The van der Waals surface area contributed by atoms with E-state index in [1.54, 1.807) is 0 Å². The van der Waals surface area contributed by atoms with Crippen LogP contribution >= 0.6 is 16.3 Å². The Bertz CT molecular complexity index is 1610. The summed E-state index contributed by atoms with van der Waals surface area (Å²) in [7, 11) is -2.61. The lowest BCUT2D eigenvalue weighted by molar-refractivity contribution is -0.146. The summed E-state index contributed by atoms with van der Waals surface area (Å²) in [4.78, 5) is 12.8. The number of ether oxygens (including phenoxy) is 2. The molecule has 5 aromatic carbocycles. The van der Waals surface area contributed by atoms with E-state index in [4.69, 9.17) is 18.5 Å². The van der Waals surface area contributed by atoms with Crippen LogP contribution in [0.3, 0.4) is 0 Å². The molecule has 0 radical (unpaired) electrons. The second kappa shape index (κ2) is 15.1. The van der Waals surface area contributed by atoms with Gasteiger partial charge in [0.1, 0.15) is 12.7 Å². The Hall–Kier alpha value is -4.31. The Kier molecular flexibility index (Phi) is 10.3. The maximum atomic E-state index is 12.8. The van der Waals surface area contributed by atoms with Crippen molar-refractivity contribution in [1.29, 1.82) is 0 Å². The van der Waals surface area contributed by atoms with E-state index >= 15 is 0 Å². The Morgan fingerprint density at radius 1 is 0.622 bits per heavy atom. The molecule has 0 saturated carbocycles. The number of carbonyl (C=O) groups excluding carboxylic acids is 1. The fourth-order valence-corrected chi connectivity index (χ4v) is 8.52. The van der Waals surface area contributed by atoms with Gasteiger partial charge in [0.15, 0.2) is 11.9 Å². The largest absolute Gasteiger partial charge is 0.499 e. The number of aliphatic hydroxyl groups is 1. The summed E-state index contributed by atoms with van der Waals surface area (Å²) in [5, 5.41) is 14.9. The fourth-order valence-electron chi connectivity index (χ4n) is 4.87. The van der Waals surface area contributed by atoms with Crippen LogP contribution in [0.25, 0.3) is 0 Å². The SMILES string of the molecule is O=C1OC(C(COP(c2ccccc2)c2ccccc2)OP(c2ccccc2)c2ccccc2)C(OCc2ccccc2)=C1O. The maximum absolute atomic E-state index is 12.8. The highest BCUT2D eigenvalue weighted by Gasteiger charge is 2.44. The normalized spacial score (nSPS) is 15.3. The minimum absolute atomic E-state index is 0.0391. The Balaban J connectivity index is 1.35. The van der Waals surface area contributed by atoms with Crippen LogP contribution < -0.4 is 21.2 Å². The van der Waals surface area contributed by atoms with Gasteiger partial charge in [0.2, 0.25) is 5.76 Å². The number of benzene rings is 5. The van der Waals surface area contributed by atoms with Gasteiger partial charge in [-0.1, -0.05) is 152 Å². The van der Waals surface area contributed by atoms with Crippen LogP contribution in [0.1, 0.15) is 5.56 Å². The average Bonchev–Trinajstić information content (AvgIpc) is 3.39. The molecule has 0 fully saturated rings. The van der Waals surface area contributed by atoms with Gasteiger partial charge in [0, 0.05) is 21.2 Å². The predicted molar refractivity (Wildman–Crippen MR) is 180 cm³/mol. The highest BCUT2D eigenvalue weighted by atomic mass is 31.1. The quantitative estimate of drug-likeness (QED) is 0.120. The van der Waals surface area contributed by atoms with E-state index in [0.717, 1.165) is 26.8 Å². The summed E-state index contributed by atoms with van der Waals surface area (Å²) in [5.74, 6) is -1.37. The summed E-state index contributed by atoms with van der Waals surface area (Å²) in [6, 6.07) is 49.6. The van der Waals surface area contributed by atoms with Gasteiger partial charge in [-0.15, -0.1) is 0 Å².